The first kappa shape index (κ1) is 9.16. The SMILES string of the molecule is Brc1csc(NCC2(C3CC3)CC2)n1. The highest BCUT2D eigenvalue weighted by Crippen LogP contribution is 2.61. The van der Waals surface area contributed by atoms with Crippen molar-refractivity contribution in [3.05, 3.63) is 9.98 Å². The van der Waals surface area contributed by atoms with E-state index in [1.807, 2.05) is 5.38 Å². The minimum absolute atomic E-state index is 0.665. The minimum atomic E-state index is 0.665. The van der Waals surface area contributed by atoms with Crippen molar-refractivity contribution in [2.75, 3.05) is 11.9 Å². The van der Waals surface area contributed by atoms with Crippen LogP contribution in [0.2, 0.25) is 0 Å². The number of hydrogen-bond donors (Lipinski definition) is 1. The highest BCUT2D eigenvalue weighted by Gasteiger charge is 2.53. The van der Waals surface area contributed by atoms with Gasteiger partial charge in [0.15, 0.2) is 5.13 Å². The summed E-state index contributed by atoms with van der Waals surface area (Å²) < 4.78 is 0.946. The van der Waals surface area contributed by atoms with Crippen LogP contribution in [0, 0.1) is 11.3 Å². The van der Waals surface area contributed by atoms with Gasteiger partial charge in [0, 0.05) is 11.9 Å². The summed E-state index contributed by atoms with van der Waals surface area (Å²) in [6, 6.07) is 0. The van der Waals surface area contributed by atoms with Crippen molar-refractivity contribution in [3.63, 3.8) is 0 Å². The minimum Gasteiger partial charge on any atom is -0.361 e. The summed E-state index contributed by atoms with van der Waals surface area (Å²) in [5.74, 6) is 1.03. The number of nitrogens with one attached hydrogen (secondary N) is 1. The number of thiazole rings is 1. The molecule has 1 heterocycles. The highest BCUT2D eigenvalue weighted by molar-refractivity contribution is 9.10. The van der Waals surface area contributed by atoms with Gasteiger partial charge in [-0.3, -0.25) is 0 Å². The molecule has 14 heavy (non-hydrogen) atoms. The zero-order valence-electron chi connectivity index (χ0n) is 7.92. The Labute approximate surface area is 96.3 Å². The van der Waals surface area contributed by atoms with Crippen molar-refractivity contribution in [1.82, 2.24) is 4.98 Å². The number of aromatic nitrogens is 1. The van der Waals surface area contributed by atoms with Crippen LogP contribution in [0.4, 0.5) is 5.13 Å². The molecular formula is C10H13BrN2S. The van der Waals surface area contributed by atoms with Gasteiger partial charge in [0.05, 0.1) is 0 Å². The second kappa shape index (κ2) is 3.20. The molecule has 0 aromatic carbocycles. The Hall–Kier alpha value is -0.0900. The van der Waals surface area contributed by atoms with E-state index in [1.54, 1.807) is 11.3 Å². The van der Waals surface area contributed by atoms with Crippen LogP contribution in [-0.2, 0) is 0 Å². The van der Waals surface area contributed by atoms with Crippen LogP contribution in [0.15, 0.2) is 9.98 Å². The van der Waals surface area contributed by atoms with Crippen LogP contribution in [0.3, 0.4) is 0 Å². The average molecular weight is 273 g/mol. The molecule has 0 saturated heterocycles. The molecule has 3 rings (SSSR count). The van der Waals surface area contributed by atoms with Gasteiger partial charge < -0.3 is 5.32 Å². The molecule has 0 spiro atoms. The molecule has 1 aromatic heterocycles. The Morgan fingerprint density at radius 3 is 2.86 bits per heavy atom. The van der Waals surface area contributed by atoms with Crippen LogP contribution < -0.4 is 5.32 Å². The number of anilines is 1. The molecule has 4 heteroatoms. The van der Waals surface area contributed by atoms with Gasteiger partial charge in [-0.2, -0.15) is 0 Å². The maximum Gasteiger partial charge on any atom is 0.183 e. The molecule has 2 nitrogen and oxygen atoms in total. The van der Waals surface area contributed by atoms with E-state index in [0.717, 1.165) is 22.2 Å². The Bertz CT molecular complexity index is 342. The van der Waals surface area contributed by atoms with E-state index < -0.39 is 0 Å². The van der Waals surface area contributed by atoms with Crippen molar-refractivity contribution >= 4 is 32.4 Å². The molecule has 1 N–H and O–H groups in total. The van der Waals surface area contributed by atoms with Gasteiger partial charge in [0.25, 0.3) is 0 Å². The first-order valence-electron chi connectivity index (χ1n) is 5.13. The van der Waals surface area contributed by atoms with E-state index in [0.29, 0.717) is 5.41 Å². The Morgan fingerprint density at radius 2 is 2.36 bits per heavy atom. The van der Waals surface area contributed by atoms with E-state index in [1.165, 1.54) is 25.7 Å². The fourth-order valence-electron chi connectivity index (χ4n) is 2.17. The summed E-state index contributed by atoms with van der Waals surface area (Å²) in [6.07, 6.45) is 5.78. The Balaban J connectivity index is 1.59. The van der Waals surface area contributed by atoms with Crippen molar-refractivity contribution in [2.45, 2.75) is 25.7 Å². The standard InChI is InChI=1S/C10H13BrN2S/c11-8-5-14-9(13-8)12-6-10(3-4-10)7-1-2-7/h5,7H,1-4,6H2,(H,12,13). The normalized spacial score (nSPS) is 23.5. The maximum atomic E-state index is 4.35. The van der Waals surface area contributed by atoms with Crippen LogP contribution in [-0.4, -0.2) is 11.5 Å². The van der Waals surface area contributed by atoms with Gasteiger partial charge in [0.1, 0.15) is 4.60 Å². The van der Waals surface area contributed by atoms with Crippen LogP contribution >= 0.6 is 27.3 Å². The largest absolute Gasteiger partial charge is 0.361 e. The van der Waals surface area contributed by atoms with Gasteiger partial charge in [-0.05, 0) is 52.9 Å². The van der Waals surface area contributed by atoms with E-state index in [4.69, 9.17) is 0 Å². The second-order valence-electron chi connectivity index (χ2n) is 4.47. The topological polar surface area (TPSA) is 24.9 Å². The van der Waals surface area contributed by atoms with Crippen LogP contribution in [0.1, 0.15) is 25.7 Å². The molecule has 76 valence electrons. The summed E-state index contributed by atoms with van der Waals surface area (Å²) >= 11 is 5.05. The maximum absolute atomic E-state index is 4.35. The first-order valence-corrected chi connectivity index (χ1v) is 6.81. The third-order valence-electron chi connectivity index (χ3n) is 3.40. The summed E-state index contributed by atoms with van der Waals surface area (Å²) in [5.41, 5.74) is 0.665. The van der Waals surface area contributed by atoms with Gasteiger partial charge in [-0.1, -0.05) is 0 Å². The van der Waals surface area contributed by atoms with Crippen LogP contribution in [0.5, 0.6) is 0 Å². The number of halogens is 1. The molecule has 2 fully saturated rings. The van der Waals surface area contributed by atoms with E-state index in [-0.39, 0.29) is 0 Å². The summed E-state index contributed by atoms with van der Waals surface area (Å²) in [7, 11) is 0. The predicted molar refractivity (Wildman–Crippen MR) is 62.7 cm³/mol. The molecule has 0 bridgehead atoms. The van der Waals surface area contributed by atoms with Gasteiger partial charge in [-0.15, -0.1) is 11.3 Å². The average Bonchev–Trinajstić information content (AvgIpc) is 3.03. The summed E-state index contributed by atoms with van der Waals surface area (Å²) in [6.45, 7) is 1.14. The third-order valence-corrected chi connectivity index (χ3v) is 4.91. The lowest BCUT2D eigenvalue weighted by Crippen LogP contribution is -2.17. The van der Waals surface area contributed by atoms with Crippen molar-refractivity contribution in [2.24, 2.45) is 11.3 Å². The monoisotopic (exact) mass is 272 g/mol. The first-order chi connectivity index (χ1) is 6.78. The summed E-state index contributed by atoms with van der Waals surface area (Å²) in [4.78, 5) is 4.35. The second-order valence-corrected chi connectivity index (χ2v) is 6.14. The Morgan fingerprint density at radius 1 is 1.57 bits per heavy atom. The highest BCUT2D eigenvalue weighted by atomic mass is 79.9. The number of nitrogens with zero attached hydrogens (tertiary/aromatic N) is 1. The third kappa shape index (κ3) is 1.70. The van der Waals surface area contributed by atoms with Gasteiger partial charge >= 0.3 is 0 Å². The van der Waals surface area contributed by atoms with Crippen molar-refractivity contribution in [1.29, 1.82) is 0 Å². The zero-order chi connectivity index (χ0) is 9.60. The fourth-order valence-corrected chi connectivity index (χ4v) is 3.32. The lowest BCUT2D eigenvalue weighted by Gasteiger charge is -2.13. The zero-order valence-corrected chi connectivity index (χ0v) is 10.3. The van der Waals surface area contributed by atoms with Crippen molar-refractivity contribution < 1.29 is 0 Å². The predicted octanol–water partition coefficient (Wildman–Crippen LogP) is 3.51. The molecule has 1 aromatic rings. The molecule has 0 atom stereocenters. The van der Waals surface area contributed by atoms with Gasteiger partial charge in [0.2, 0.25) is 0 Å². The quantitative estimate of drug-likeness (QED) is 0.908. The molecule has 0 aliphatic heterocycles. The van der Waals surface area contributed by atoms with Gasteiger partial charge in [-0.25, -0.2) is 4.98 Å². The lowest BCUT2D eigenvalue weighted by atomic mass is 10.0. The molecule has 2 aliphatic rings. The number of hydrogen-bond acceptors (Lipinski definition) is 3. The molecule has 0 amide bonds. The lowest BCUT2D eigenvalue weighted by molar-refractivity contribution is 0.467. The molecule has 2 aliphatic carbocycles. The smallest absolute Gasteiger partial charge is 0.183 e. The fraction of sp³-hybridized carbons (Fsp3) is 0.700. The summed E-state index contributed by atoms with van der Waals surface area (Å²) in [5, 5.41) is 6.55. The van der Waals surface area contributed by atoms with Crippen molar-refractivity contribution in [3.8, 4) is 0 Å². The molecule has 0 unspecified atom stereocenters. The Kier molecular flexibility index (Phi) is 2.10. The molecule has 2 saturated carbocycles. The molecule has 0 radical (unpaired) electrons. The van der Waals surface area contributed by atoms with E-state index in [9.17, 15) is 0 Å². The van der Waals surface area contributed by atoms with Crippen LogP contribution in [0.25, 0.3) is 0 Å². The molecular weight excluding hydrogens is 260 g/mol. The van der Waals surface area contributed by atoms with E-state index >= 15 is 0 Å². The number of rotatable bonds is 4. The van der Waals surface area contributed by atoms with E-state index in [2.05, 4.69) is 26.2 Å².